The maximum atomic E-state index is 12.7. The zero-order valence-corrected chi connectivity index (χ0v) is 19.9. The van der Waals surface area contributed by atoms with Gasteiger partial charge in [-0.3, -0.25) is 25.0 Å². The normalized spacial score (nSPS) is 10.5. The van der Waals surface area contributed by atoms with Crippen LogP contribution in [0.1, 0.15) is 16.1 Å². The largest absolute Gasteiger partial charge is 0.464 e. The molecule has 0 saturated heterocycles. The van der Waals surface area contributed by atoms with E-state index in [9.17, 15) is 25.0 Å². The van der Waals surface area contributed by atoms with Crippen molar-refractivity contribution in [2.24, 2.45) is 0 Å². The molecule has 188 valence electrons. The minimum Gasteiger partial charge on any atom is -0.464 e. The van der Waals surface area contributed by atoms with Crippen LogP contribution in [0, 0.1) is 27.2 Å². The molecule has 0 saturated carbocycles. The number of nitrogens with zero attached hydrogens (tertiary/aromatic N) is 4. The van der Waals surface area contributed by atoms with E-state index in [0.717, 1.165) is 5.56 Å². The summed E-state index contributed by atoms with van der Waals surface area (Å²) in [7, 11) is 0. The van der Waals surface area contributed by atoms with E-state index in [0.29, 0.717) is 10.8 Å². The summed E-state index contributed by atoms with van der Waals surface area (Å²) in [5.74, 6) is -0.00880. The molecule has 1 aromatic heterocycles. The molecule has 4 rings (SSSR count). The summed E-state index contributed by atoms with van der Waals surface area (Å²) in [5.41, 5.74) is 0.339. The van der Waals surface area contributed by atoms with Gasteiger partial charge >= 0.3 is 5.69 Å². The fourth-order valence-corrected chi connectivity index (χ4v) is 3.52. The second-order valence-electron chi connectivity index (χ2n) is 7.68. The van der Waals surface area contributed by atoms with E-state index in [2.05, 4.69) is 10.4 Å². The second-order valence-corrected chi connectivity index (χ2v) is 8.11. The van der Waals surface area contributed by atoms with Crippen LogP contribution in [-0.2, 0) is 6.73 Å². The number of ether oxygens (including phenoxy) is 2. The number of halogens is 1. The van der Waals surface area contributed by atoms with Gasteiger partial charge in [0.15, 0.2) is 18.2 Å². The molecular formula is C24H18ClN5O7. The first-order chi connectivity index (χ1) is 17.7. The van der Waals surface area contributed by atoms with Gasteiger partial charge in [0.05, 0.1) is 21.6 Å². The van der Waals surface area contributed by atoms with Gasteiger partial charge in [-0.2, -0.15) is 5.10 Å². The molecule has 0 aliphatic heterocycles. The van der Waals surface area contributed by atoms with Gasteiger partial charge in [-0.25, -0.2) is 4.68 Å². The van der Waals surface area contributed by atoms with Crippen LogP contribution in [0.4, 0.5) is 17.1 Å². The molecule has 1 amide bonds. The van der Waals surface area contributed by atoms with Crippen molar-refractivity contribution in [2.75, 3.05) is 5.32 Å². The number of non-ortho nitro benzene ring substituents is 1. The molecule has 12 nitrogen and oxygen atoms in total. The number of hydrogen-bond acceptors (Lipinski definition) is 8. The number of hydrogen-bond donors (Lipinski definition) is 1. The first kappa shape index (κ1) is 25.1. The standard InChI is InChI=1S/C24H18ClN5O7/c1-15-10-16(25)6-7-22(15)37-19-12-17(11-18(13-19)29(32)33)26-24(31)20-8-9-28(27-20)14-36-23-5-3-2-4-21(23)30(34)35/h2-13H,14H2,1H3,(H,26,31). The summed E-state index contributed by atoms with van der Waals surface area (Å²) in [6.45, 7) is 1.59. The Labute approximate surface area is 214 Å². The second kappa shape index (κ2) is 10.7. The fraction of sp³-hybridized carbons (Fsp3) is 0.0833. The fourth-order valence-electron chi connectivity index (χ4n) is 3.29. The molecular weight excluding hydrogens is 506 g/mol. The van der Waals surface area contributed by atoms with Gasteiger partial charge in [-0.05, 0) is 42.8 Å². The third-order valence-electron chi connectivity index (χ3n) is 5.01. The highest BCUT2D eigenvalue weighted by Gasteiger charge is 2.17. The van der Waals surface area contributed by atoms with Crippen molar-refractivity contribution in [1.82, 2.24) is 9.78 Å². The lowest BCUT2D eigenvalue weighted by Crippen LogP contribution is -2.14. The van der Waals surface area contributed by atoms with Crippen LogP contribution in [-0.4, -0.2) is 25.5 Å². The molecule has 0 bridgehead atoms. The Kier molecular flexibility index (Phi) is 7.30. The number of nitro benzene ring substituents is 2. The number of aromatic nitrogens is 2. The topological polar surface area (TPSA) is 152 Å². The number of benzene rings is 3. The van der Waals surface area contributed by atoms with E-state index in [1.807, 2.05) is 0 Å². The first-order valence-corrected chi connectivity index (χ1v) is 11.0. The zero-order chi connectivity index (χ0) is 26.5. The molecule has 13 heteroatoms. The van der Waals surface area contributed by atoms with Crippen LogP contribution in [0.5, 0.6) is 17.2 Å². The summed E-state index contributed by atoms with van der Waals surface area (Å²) < 4.78 is 12.5. The third-order valence-corrected chi connectivity index (χ3v) is 5.25. The summed E-state index contributed by atoms with van der Waals surface area (Å²) in [6, 6.07) is 16.1. The maximum Gasteiger partial charge on any atom is 0.311 e. The molecule has 3 aromatic carbocycles. The highest BCUT2D eigenvalue weighted by Crippen LogP contribution is 2.32. The summed E-state index contributed by atoms with van der Waals surface area (Å²) in [6.07, 6.45) is 1.45. The number of para-hydroxylation sites is 2. The molecule has 0 aliphatic rings. The number of amides is 1. The Bertz CT molecular complexity index is 1500. The molecule has 0 spiro atoms. The van der Waals surface area contributed by atoms with Crippen molar-refractivity contribution >= 4 is 34.6 Å². The van der Waals surface area contributed by atoms with Gasteiger partial charge in [0.25, 0.3) is 11.6 Å². The summed E-state index contributed by atoms with van der Waals surface area (Å²) >= 11 is 5.96. The van der Waals surface area contributed by atoms with Crippen LogP contribution in [0.2, 0.25) is 5.02 Å². The minimum atomic E-state index is -0.640. The van der Waals surface area contributed by atoms with Crippen LogP contribution < -0.4 is 14.8 Å². The Morgan fingerprint density at radius 3 is 2.54 bits per heavy atom. The molecule has 1 N–H and O–H groups in total. The van der Waals surface area contributed by atoms with Crippen molar-refractivity contribution < 1.29 is 24.1 Å². The van der Waals surface area contributed by atoms with Crippen molar-refractivity contribution in [3.05, 3.63) is 109 Å². The van der Waals surface area contributed by atoms with Gasteiger partial charge in [-0.1, -0.05) is 23.7 Å². The van der Waals surface area contributed by atoms with Crippen molar-refractivity contribution in [3.63, 3.8) is 0 Å². The van der Waals surface area contributed by atoms with Crippen LogP contribution in [0.25, 0.3) is 0 Å². The van der Waals surface area contributed by atoms with Gasteiger partial charge in [-0.15, -0.1) is 0 Å². The van der Waals surface area contributed by atoms with Crippen LogP contribution in [0.3, 0.4) is 0 Å². The van der Waals surface area contributed by atoms with Crippen molar-refractivity contribution in [1.29, 1.82) is 0 Å². The molecule has 0 fully saturated rings. The molecule has 1 heterocycles. The summed E-state index contributed by atoms with van der Waals surface area (Å²) in [5, 5.41) is 29.7. The molecule has 4 aromatic rings. The van der Waals surface area contributed by atoms with Gasteiger partial charge < -0.3 is 14.8 Å². The van der Waals surface area contributed by atoms with Gasteiger partial charge in [0.1, 0.15) is 11.5 Å². The Morgan fingerprint density at radius 2 is 1.81 bits per heavy atom. The Morgan fingerprint density at radius 1 is 1.03 bits per heavy atom. The lowest BCUT2D eigenvalue weighted by atomic mass is 10.2. The zero-order valence-electron chi connectivity index (χ0n) is 19.2. The van der Waals surface area contributed by atoms with Crippen LogP contribution in [0.15, 0.2) is 72.9 Å². The highest BCUT2D eigenvalue weighted by molar-refractivity contribution is 6.30. The number of rotatable bonds is 9. The van der Waals surface area contributed by atoms with Gasteiger partial charge in [0.2, 0.25) is 0 Å². The maximum absolute atomic E-state index is 12.7. The summed E-state index contributed by atoms with van der Waals surface area (Å²) in [4.78, 5) is 34.1. The van der Waals surface area contributed by atoms with E-state index in [1.165, 1.54) is 53.3 Å². The number of aryl methyl sites for hydroxylation is 1. The molecule has 0 aliphatic carbocycles. The monoisotopic (exact) mass is 523 g/mol. The predicted octanol–water partition coefficient (Wildman–Crippen LogP) is 5.74. The van der Waals surface area contributed by atoms with E-state index in [-0.39, 0.29) is 41.0 Å². The Balaban J connectivity index is 1.48. The number of carbonyl (C=O) groups is 1. The highest BCUT2D eigenvalue weighted by atomic mass is 35.5. The minimum absolute atomic E-state index is 0.00585. The quantitative estimate of drug-likeness (QED) is 0.215. The average molecular weight is 524 g/mol. The lowest BCUT2D eigenvalue weighted by molar-refractivity contribution is -0.386. The van der Waals surface area contributed by atoms with Crippen molar-refractivity contribution in [2.45, 2.75) is 13.7 Å². The molecule has 37 heavy (non-hydrogen) atoms. The van der Waals surface area contributed by atoms with Crippen LogP contribution >= 0.6 is 11.6 Å². The number of nitrogens with one attached hydrogen (secondary N) is 1. The number of anilines is 1. The van der Waals surface area contributed by atoms with E-state index >= 15 is 0 Å². The lowest BCUT2D eigenvalue weighted by Gasteiger charge is -2.11. The average Bonchev–Trinajstić information content (AvgIpc) is 3.34. The molecule has 0 atom stereocenters. The third kappa shape index (κ3) is 6.18. The van der Waals surface area contributed by atoms with E-state index < -0.39 is 15.8 Å². The Hall–Kier alpha value is -4.97. The molecule has 0 radical (unpaired) electrons. The number of carbonyl (C=O) groups excluding carboxylic acids is 1. The molecule has 0 unspecified atom stereocenters. The van der Waals surface area contributed by atoms with E-state index in [4.69, 9.17) is 21.1 Å². The SMILES string of the molecule is Cc1cc(Cl)ccc1Oc1cc(NC(=O)c2ccn(COc3ccccc3[N+](=O)[O-])n2)cc([N+](=O)[O-])c1. The first-order valence-electron chi connectivity index (χ1n) is 10.6. The smallest absolute Gasteiger partial charge is 0.311 e. The van der Waals surface area contributed by atoms with E-state index in [1.54, 1.807) is 31.2 Å². The van der Waals surface area contributed by atoms with Gasteiger partial charge in [0, 0.05) is 29.4 Å². The predicted molar refractivity (Wildman–Crippen MR) is 133 cm³/mol. The van der Waals surface area contributed by atoms with Crippen molar-refractivity contribution in [3.8, 4) is 17.2 Å². The number of nitro groups is 2.